The molecule has 0 spiro atoms. The van der Waals surface area contributed by atoms with Gasteiger partial charge < -0.3 is 0 Å². The second kappa shape index (κ2) is 10.8. The van der Waals surface area contributed by atoms with Crippen LogP contribution in [0.1, 0.15) is 60.8 Å². The lowest BCUT2D eigenvalue weighted by Crippen LogP contribution is -2.15. The van der Waals surface area contributed by atoms with Crippen molar-refractivity contribution in [3.63, 3.8) is 0 Å². The van der Waals surface area contributed by atoms with Gasteiger partial charge in [0.25, 0.3) is 0 Å². The van der Waals surface area contributed by atoms with Crippen molar-refractivity contribution < 1.29 is 0 Å². The number of halogens is 1. The standard InChI is InChI=1S/C17H29ClN2/c1-7-10-14(5)16(17(15(6)18)19-9-3)20-12-11-13(4)8-2/h11-12,15H,7-10H2,1-6H3/b13-11-,16-14-,19-17?,20-12-. The van der Waals surface area contributed by atoms with Crippen LogP contribution in [0.5, 0.6) is 0 Å². The Morgan fingerprint density at radius 3 is 2.30 bits per heavy atom. The highest BCUT2D eigenvalue weighted by molar-refractivity contribution is 6.35. The first kappa shape index (κ1) is 19.1. The summed E-state index contributed by atoms with van der Waals surface area (Å²) >= 11 is 6.28. The summed E-state index contributed by atoms with van der Waals surface area (Å²) in [7, 11) is 0. The van der Waals surface area contributed by atoms with Crippen molar-refractivity contribution in [2.24, 2.45) is 9.98 Å². The monoisotopic (exact) mass is 296 g/mol. The molecule has 0 N–H and O–H groups in total. The Bertz CT molecular complexity index is 401. The van der Waals surface area contributed by atoms with Gasteiger partial charge in [-0.15, -0.1) is 11.6 Å². The molecule has 0 aromatic carbocycles. The molecule has 0 bridgehead atoms. The summed E-state index contributed by atoms with van der Waals surface area (Å²) in [6.07, 6.45) is 7.10. The average Bonchev–Trinajstić information content (AvgIpc) is 2.41. The van der Waals surface area contributed by atoms with Crippen molar-refractivity contribution in [2.75, 3.05) is 6.54 Å². The minimum Gasteiger partial charge on any atom is -0.286 e. The molecule has 0 aliphatic rings. The number of hydrogen-bond donors (Lipinski definition) is 0. The first-order valence-electron chi connectivity index (χ1n) is 7.56. The molecule has 0 saturated heterocycles. The third-order valence-corrected chi connectivity index (χ3v) is 3.30. The number of allylic oxidation sites excluding steroid dienone is 4. The van der Waals surface area contributed by atoms with Crippen LogP contribution in [0.3, 0.4) is 0 Å². The third-order valence-electron chi connectivity index (χ3n) is 3.10. The Hall–Kier alpha value is -0.890. The SMILES string of the molecule is CCC\C(C)=C(/N=C\C=C(\C)CC)C(=NCC)C(C)Cl. The van der Waals surface area contributed by atoms with E-state index < -0.39 is 0 Å². The zero-order valence-corrected chi connectivity index (χ0v) is 14.6. The molecule has 2 nitrogen and oxygen atoms in total. The Labute approximate surface area is 129 Å². The topological polar surface area (TPSA) is 24.7 Å². The highest BCUT2D eigenvalue weighted by Gasteiger charge is 2.14. The Morgan fingerprint density at radius 1 is 1.20 bits per heavy atom. The second-order valence-electron chi connectivity index (χ2n) is 5.00. The van der Waals surface area contributed by atoms with Gasteiger partial charge in [-0.3, -0.25) is 9.98 Å². The van der Waals surface area contributed by atoms with Gasteiger partial charge in [-0.05, 0) is 52.2 Å². The smallest absolute Gasteiger partial charge is 0.0844 e. The maximum absolute atomic E-state index is 6.28. The predicted octanol–water partition coefficient (Wildman–Crippen LogP) is 5.58. The minimum absolute atomic E-state index is 0.120. The zero-order chi connectivity index (χ0) is 15.5. The Balaban J connectivity index is 5.51. The van der Waals surface area contributed by atoms with Crippen LogP contribution in [0, 0.1) is 0 Å². The molecule has 0 rings (SSSR count). The first-order chi connectivity index (χ1) is 9.47. The summed E-state index contributed by atoms with van der Waals surface area (Å²) in [6.45, 7) is 13.3. The van der Waals surface area contributed by atoms with E-state index in [-0.39, 0.29) is 5.38 Å². The van der Waals surface area contributed by atoms with Gasteiger partial charge in [0.05, 0.1) is 16.8 Å². The van der Waals surface area contributed by atoms with Gasteiger partial charge in [0.1, 0.15) is 0 Å². The molecule has 0 aromatic heterocycles. The van der Waals surface area contributed by atoms with Gasteiger partial charge >= 0.3 is 0 Å². The van der Waals surface area contributed by atoms with Gasteiger partial charge in [-0.1, -0.05) is 25.8 Å². The molecule has 20 heavy (non-hydrogen) atoms. The van der Waals surface area contributed by atoms with E-state index in [9.17, 15) is 0 Å². The molecule has 0 aromatic rings. The average molecular weight is 297 g/mol. The van der Waals surface area contributed by atoms with Crippen LogP contribution >= 0.6 is 11.6 Å². The van der Waals surface area contributed by atoms with Gasteiger partial charge in [-0.25, -0.2) is 0 Å². The Kier molecular flexibility index (Phi) is 10.4. The first-order valence-corrected chi connectivity index (χ1v) is 7.99. The lowest BCUT2D eigenvalue weighted by molar-refractivity contribution is 0.893. The molecular formula is C17H29ClN2. The fourth-order valence-electron chi connectivity index (χ4n) is 1.80. The van der Waals surface area contributed by atoms with E-state index in [4.69, 9.17) is 11.6 Å². The summed E-state index contributed by atoms with van der Waals surface area (Å²) in [5, 5.41) is -0.120. The van der Waals surface area contributed by atoms with Crippen molar-refractivity contribution in [3.8, 4) is 0 Å². The summed E-state index contributed by atoms with van der Waals surface area (Å²) in [6, 6.07) is 0. The van der Waals surface area contributed by atoms with Crippen LogP contribution < -0.4 is 0 Å². The number of nitrogens with zero attached hydrogens (tertiary/aromatic N) is 2. The molecular weight excluding hydrogens is 268 g/mol. The van der Waals surface area contributed by atoms with Crippen molar-refractivity contribution in [1.82, 2.24) is 0 Å². The fraction of sp³-hybridized carbons (Fsp3) is 0.647. The molecule has 1 unspecified atom stereocenters. The quantitative estimate of drug-likeness (QED) is 0.413. The summed E-state index contributed by atoms with van der Waals surface area (Å²) in [5.41, 5.74) is 4.43. The van der Waals surface area contributed by atoms with Crippen LogP contribution in [0.2, 0.25) is 0 Å². The second-order valence-corrected chi connectivity index (χ2v) is 5.65. The van der Waals surface area contributed by atoms with Crippen LogP contribution in [-0.4, -0.2) is 23.8 Å². The summed E-state index contributed by atoms with van der Waals surface area (Å²) < 4.78 is 0. The maximum atomic E-state index is 6.28. The van der Waals surface area contributed by atoms with Crippen LogP contribution in [0.25, 0.3) is 0 Å². The van der Waals surface area contributed by atoms with E-state index in [0.29, 0.717) is 0 Å². The lowest BCUT2D eigenvalue weighted by atomic mass is 10.1. The maximum Gasteiger partial charge on any atom is 0.0844 e. The fourth-order valence-corrected chi connectivity index (χ4v) is 1.98. The van der Waals surface area contributed by atoms with E-state index in [1.807, 2.05) is 20.1 Å². The highest BCUT2D eigenvalue weighted by Crippen LogP contribution is 2.18. The van der Waals surface area contributed by atoms with E-state index in [1.54, 1.807) is 0 Å². The largest absolute Gasteiger partial charge is 0.286 e. The molecule has 3 heteroatoms. The van der Waals surface area contributed by atoms with E-state index in [1.165, 1.54) is 11.1 Å². The molecule has 0 aliphatic carbocycles. The zero-order valence-electron chi connectivity index (χ0n) is 13.8. The predicted molar refractivity (Wildman–Crippen MR) is 93.4 cm³/mol. The van der Waals surface area contributed by atoms with E-state index in [0.717, 1.165) is 37.2 Å². The van der Waals surface area contributed by atoms with Crippen molar-refractivity contribution in [1.29, 1.82) is 0 Å². The van der Waals surface area contributed by atoms with Crippen LogP contribution in [-0.2, 0) is 0 Å². The molecule has 0 saturated carbocycles. The van der Waals surface area contributed by atoms with Gasteiger partial charge in [0.2, 0.25) is 0 Å². The number of alkyl halides is 1. The van der Waals surface area contributed by atoms with E-state index >= 15 is 0 Å². The molecule has 0 amide bonds. The van der Waals surface area contributed by atoms with Crippen molar-refractivity contribution in [2.45, 2.75) is 66.2 Å². The lowest BCUT2D eigenvalue weighted by Gasteiger charge is -2.12. The third kappa shape index (κ3) is 7.04. The summed E-state index contributed by atoms with van der Waals surface area (Å²) in [4.78, 5) is 9.17. The van der Waals surface area contributed by atoms with Crippen LogP contribution in [0.15, 0.2) is 32.9 Å². The molecule has 1 atom stereocenters. The highest BCUT2D eigenvalue weighted by atomic mass is 35.5. The molecule has 0 radical (unpaired) electrons. The van der Waals surface area contributed by atoms with Crippen LogP contribution in [0.4, 0.5) is 0 Å². The van der Waals surface area contributed by atoms with Gasteiger partial charge in [0.15, 0.2) is 0 Å². The molecule has 0 aliphatic heterocycles. The molecule has 0 heterocycles. The van der Waals surface area contributed by atoms with Crippen molar-refractivity contribution in [3.05, 3.63) is 22.9 Å². The number of aliphatic imine (C=N–C) groups is 2. The van der Waals surface area contributed by atoms with Gasteiger partial charge in [-0.2, -0.15) is 0 Å². The number of hydrogen-bond acceptors (Lipinski definition) is 2. The molecule has 114 valence electrons. The Morgan fingerprint density at radius 2 is 1.85 bits per heavy atom. The van der Waals surface area contributed by atoms with Gasteiger partial charge in [0, 0.05) is 12.8 Å². The van der Waals surface area contributed by atoms with E-state index in [2.05, 4.69) is 43.8 Å². The van der Waals surface area contributed by atoms with Crippen molar-refractivity contribution >= 4 is 23.5 Å². The minimum atomic E-state index is -0.120. The normalized spacial score (nSPS) is 16.6. The number of rotatable bonds is 8. The molecule has 0 fully saturated rings. The summed E-state index contributed by atoms with van der Waals surface area (Å²) in [5.74, 6) is 0.